The molecule has 17 heavy (non-hydrogen) atoms. The van der Waals surface area contributed by atoms with Crippen molar-refractivity contribution in [3.63, 3.8) is 0 Å². The molecule has 0 fully saturated rings. The number of nitrogens with two attached hydrogens (primary N) is 1. The molecule has 1 aromatic carbocycles. The number of hydrogen-bond acceptors (Lipinski definition) is 3. The van der Waals surface area contributed by atoms with Crippen LogP contribution in [0.2, 0.25) is 0 Å². The Morgan fingerprint density at radius 2 is 2.06 bits per heavy atom. The predicted molar refractivity (Wildman–Crippen MR) is 73.0 cm³/mol. The Labute approximate surface area is 107 Å². The molecule has 0 aliphatic heterocycles. The van der Waals surface area contributed by atoms with Crippen molar-refractivity contribution < 1.29 is 4.39 Å². The molecular formula is C13H21FN2S. The van der Waals surface area contributed by atoms with Crippen LogP contribution in [0.4, 0.5) is 4.39 Å². The predicted octanol–water partition coefficient (Wildman–Crippen LogP) is 2.81. The molecule has 0 spiro atoms. The first-order chi connectivity index (χ1) is 7.91. The summed E-state index contributed by atoms with van der Waals surface area (Å²) in [6.07, 6.45) is 0. The number of halogens is 1. The van der Waals surface area contributed by atoms with Crippen LogP contribution in [0.15, 0.2) is 17.0 Å². The summed E-state index contributed by atoms with van der Waals surface area (Å²) < 4.78 is 13.5. The molecule has 1 atom stereocenters. The number of benzene rings is 1. The first-order valence-electron chi connectivity index (χ1n) is 5.75. The summed E-state index contributed by atoms with van der Waals surface area (Å²) in [5, 5.41) is 0. The van der Waals surface area contributed by atoms with Gasteiger partial charge in [-0.25, -0.2) is 4.39 Å². The lowest BCUT2D eigenvalue weighted by atomic mass is 10.1. The molecule has 0 heterocycles. The zero-order chi connectivity index (χ0) is 13.0. The van der Waals surface area contributed by atoms with Crippen LogP contribution >= 0.6 is 11.8 Å². The summed E-state index contributed by atoms with van der Waals surface area (Å²) in [5.74, 6) is 0.812. The van der Waals surface area contributed by atoms with E-state index in [-0.39, 0.29) is 11.9 Å². The SMILES string of the molecule is Cc1cc(SCCN(C)C)c([C@H](C)N)cc1F. The minimum Gasteiger partial charge on any atom is -0.324 e. The summed E-state index contributed by atoms with van der Waals surface area (Å²) >= 11 is 1.74. The Bertz CT molecular complexity index is 378. The maximum atomic E-state index is 13.5. The van der Waals surface area contributed by atoms with Gasteiger partial charge in [-0.3, -0.25) is 0 Å². The molecule has 96 valence electrons. The second-order valence-electron chi connectivity index (χ2n) is 4.58. The summed E-state index contributed by atoms with van der Waals surface area (Å²) in [6, 6.07) is 3.33. The van der Waals surface area contributed by atoms with Crippen molar-refractivity contribution in [1.29, 1.82) is 0 Å². The fourth-order valence-electron chi connectivity index (χ4n) is 1.49. The molecule has 0 unspecified atom stereocenters. The van der Waals surface area contributed by atoms with Crippen molar-refractivity contribution in [2.24, 2.45) is 5.73 Å². The van der Waals surface area contributed by atoms with Gasteiger partial charge < -0.3 is 10.6 Å². The maximum absolute atomic E-state index is 13.5. The molecule has 1 aromatic rings. The number of rotatable bonds is 5. The van der Waals surface area contributed by atoms with Gasteiger partial charge in [-0.15, -0.1) is 11.8 Å². The lowest BCUT2D eigenvalue weighted by molar-refractivity contribution is 0.437. The van der Waals surface area contributed by atoms with E-state index in [4.69, 9.17) is 5.73 Å². The number of aryl methyl sites for hydroxylation is 1. The Kier molecular flexibility index (Phi) is 5.43. The molecule has 0 radical (unpaired) electrons. The van der Waals surface area contributed by atoms with Crippen LogP contribution in [0, 0.1) is 12.7 Å². The van der Waals surface area contributed by atoms with Gasteiger partial charge in [0.2, 0.25) is 0 Å². The highest BCUT2D eigenvalue weighted by atomic mass is 32.2. The van der Waals surface area contributed by atoms with Crippen LogP contribution < -0.4 is 5.73 Å². The fourth-order valence-corrected chi connectivity index (χ4v) is 2.84. The Hall–Kier alpha value is -0.580. The topological polar surface area (TPSA) is 29.3 Å². The quantitative estimate of drug-likeness (QED) is 0.821. The molecule has 0 amide bonds. The van der Waals surface area contributed by atoms with E-state index < -0.39 is 0 Å². The van der Waals surface area contributed by atoms with Crippen molar-refractivity contribution in [2.45, 2.75) is 24.8 Å². The maximum Gasteiger partial charge on any atom is 0.126 e. The highest BCUT2D eigenvalue weighted by Gasteiger charge is 2.11. The molecule has 0 saturated carbocycles. The third-order valence-corrected chi connectivity index (χ3v) is 3.63. The van der Waals surface area contributed by atoms with Gasteiger partial charge in [0.15, 0.2) is 0 Å². The van der Waals surface area contributed by atoms with Gasteiger partial charge >= 0.3 is 0 Å². The van der Waals surface area contributed by atoms with E-state index in [2.05, 4.69) is 4.90 Å². The zero-order valence-corrected chi connectivity index (χ0v) is 11.8. The van der Waals surface area contributed by atoms with E-state index >= 15 is 0 Å². The first kappa shape index (κ1) is 14.5. The Balaban J connectivity index is 2.85. The largest absolute Gasteiger partial charge is 0.324 e. The summed E-state index contributed by atoms with van der Waals surface area (Å²) in [6.45, 7) is 4.68. The van der Waals surface area contributed by atoms with Gasteiger partial charge in [0.05, 0.1) is 0 Å². The zero-order valence-electron chi connectivity index (χ0n) is 11.0. The van der Waals surface area contributed by atoms with Crippen LogP contribution in [0.3, 0.4) is 0 Å². The van der Waals surface area contributed by atoms with Gasteiger partial charge in [0.25, 0.3) is 0 Å². The number of nitrogens with zero attached hydrogens (tertiary/aromatic N) is 1. The second kappa shape index (κ2) is 6.38. The number of thioether (sulfide) groups is 1. The van der Waals surface area contributed by atoms with E-state index in [1.165, 1.54) is 0 Å². The van der Waals surface area contributed by atoms with Crippen LogP contribution in [0.25, 0.3) is 0 Å². The first-order valence-corrected chi connectivity index (χ1v) is 6.73. The summed E-state index contributed by atoms with van der Waals surface area (Å²) in [4.78, 5) is 3.23. The fraction of sp³-hybridized carbons (Fsp3) is 0.538. The molecule has 0 aliphatic rings. The number of hydrogen-bond donors (Lipinski definition) is 1. The highest BCUT2D eigenvalue weighted by molar-refractivity contribution is 7.99. The lowest BCUT2D eigenvalue weighted by Gasteiger charge is -2.15. The minimum absolute atomic E-state index is 0.132. The molecule has 1 rings (SSSR count). The average Bonchev–Trinajstić information content (AvgIpc) is 2.22. The molecule has 0 bridgehead atoms. The van der Waals surface area contributed by atoms with Crippen LogP contribution in [0.1, 0.15) is 24.1 Å². The van der Waals surface area contributed by atoms with Crippen molar-refractivity contribution in [2.75, 3.05) is 26.4 Å². The van der Waals surface area contributed by atoms with Gasteiger partial charge in [0, 0.05) is 23.2 Å². The van der Waals surface area contributed by atoms with Crippen molar-refractivity contribution in [3.8, 4) is 0 Å². The third kappa shape index (κ3) is 4.30. The van der Waals surface area contributed by atoms with E-state index in [1.807, 2.05) is 27.1 Å². The molecule has 2 nitrogen and oxygen atoms in total. The van der Waals surface area contributed by atoms with Crippen LogP contribution in [-0.2, 0) is 0 Å². The average molecular weight is 256 g/mol. The van der Waals surface area contributed by atoms with E-state index in [1.54, 1.807) is 24.8 Å². The van der Waals surface area contributed by atoms with Gasteiger partial charge in [0.1, 0.15) is 5.82 Å². The lowest BCUT2D eigenvalue weighted by Crippen LogP contribution is -2.15. The molecule has 0 aromatic heterocycles. The molecule has 0 aliphatic carbocycles. The van der Waals surface area contributed by atoms with E-state index in [0.29, 0.717) is 5.56 Å². The molecule has 4 heteroatoms. The standard InChI is InChI=1S/C13H21FN2S/c1-9-7-13(17-6-5-16(3)4)11(10(2)15)8-12(9)14/h7-8,10H,5-6,15H2,1-4H3/t10-/m0/s1. The Morgan fingerprint density at radius 3 is 2.59 bits per heavy atom. The second-order valence-corrected chi connectivity index (χ2v) is 5.72. The van der Waals surface area contributed by atoms with Gasteiger partial charge in [-0.1, -0.05) is 0 Å². The van der Waals surface area contributed by atoms with Crippen LogP contribution in [-0.4, -0.2) is 31.3 Å². The minimum atomic E-state index is -0.172. The smallest absolute Gasteiger partial charge is 0.126 e. The van der Waals surface area contributed by atoms with E-state index in [9.17, 15) is 4.39 Å². The molecule has 0 saturated heterocycles. The monoisotopic (exact) mass is 256 g/mol. The third-order valence-electron chi connectivity index (χ3n) is 2.58. The molecular weight excluding hydrogens is 235 g/mol. The van der Waals surface area contributed by atoms with Crippen molar-refractivity contribution in [1.82, 2.24) is 4.90 Å². The summed E-state index contributed by atoms with van der Waals surface area (Å²) in [5.41, 5.74) is 7.46. The highest BCUT2D eigenvalue weighted by Crippen LogP contribution is 2.29. The van der Waals surface area contributed by atoms with Crippen LogP contribution in [0.5, 0.6) is 0 Å². The summed E-state index contributed by atoms with van der Waals surface area (Å²) in [7, 11) is 4.09. The van der Waals surface area contributed by atoms with Gasteiger partial charge in [-0.05, 0) is 51.2 Å². The normalized spacial score (nSPS) is 13.1. The van der Waals surface area contributed by atoms with Crippen molar-refractivity contribution >= 4 is 11.8 Å². The van der Waals surface area contributed by atoms with Gasteiger partial charge in [-0.2, -0.15) is 0 Å². The molecule has 2 N–H and O–H groups in total. The van der Waals surface area contributed by atoms with E-state index in [0.717, 1.165) is 22.8 Å². The van der Waals surface area contributed by atoms with Crippen molar-refractivity contribution in [3.05, 3.63) is 29.1 Å². The Morgan fingerprint density at radius 1 is 1.41 bits per heavy atom.